The third-order valence-corrected chi connectivity index (χ3v) is 3.84. The number of nitrogens with zero attached hydrogens (tertiary/aromatic N) is 2. The molecule has 5 heteroatoms. The van der Waals surface area contributed by atoms with Crippen molar-refractivity contribution >= 4 is 11.6 Å². The molecule has 1 atom stereocenters. The molecule has 2 rings (SSSR count). The minimum Gasteiger partial charge on any atom is -0.390 e. The van der Waals surface area contributed by atoms with E-state index < -0.39 is 0 Å². The highest BCUT2D eigenvalue weighted by Crippen LogP contribution is 2.22. The van der Waals surface area contributed by atoms with Gasteiger partial charge in [0, 0.05) is 24.9 Å². The zero-order chi connectivity index (χ0) is 17.7. The van der Waals surface area contributed by atoms with E-state index in [0.717, 1.165) is 17.7 Å². The number of carbonyl (C=O) groups is 1. The zero-order valence-corrected chi connectivity index (χ0v) is 15.0. The average Bonchev–Trinajstić information content (AvgIpc) is 2.93. The summed E-state index contributed by atoms with van der Waals surface area (Å²) in [5.41, 5.74) is 1.43. The van der Waals surface area contributed by atoms with E-state index in [-0.39, 0.29) is 23.2 Å². The first-order valence-electron chi connectivity index (χ1n) is 8.55. The Morgan fingerprint density at radius 1 is 1.42 bits per heavy atom. The van der Waals surface area contributed by atoms with E-state index in [1.807, 2.05) is 11.0 Å². The molecule has 0 fully saturated rings. The van der Waals surface area contributed by atoms with Crippen LogP contribution in [0.15, 0.2) is 29.4 Å². The maximum Gasteiger partial charge on any atom is 0.223 e. The van der Waals surface area contributed by atoms with Gasteiger partial charge in [-0.25, -0.2) is 4.39 Å². The summed E-state index contributed by atoms with van der Waals surface area (Å²) in [6.45, 7) is 9.47. The first-order chi connectivity index (χ1) is 11.3. The van der Waals surface area contributed by atoms with Crippen molar-refractivity contribution in [3.05, 3.63) is 35.6 Å². The Hall–Kier alpha value is -1.91. The van der Waals surface area contributed by atoms with E-state index in [2.05, 4.69) is 32.9 Å². The highest BCUT2D eigenvalue weighted by atomic mass is 19.1. The fourth-order valence-electron chi connectivity index (χ4n) is 2.76. The smallest absolute Gasteiger partial charge is 0.223 e. The third-order valence-electron chi connectivity index (χ3n) is 3.84. The van der Waals surface area contributed by atoms with E-state index in [0.29, 0.717) is 25.9 Å². The van der Waals surface area contributed by atoms with Crippen molar-refractivity contribution in [1.82, 2.24) is 4.90 Å². The van der Waals surface area contributed by atoms with E-state index in [1.54, 1.807) is 6.07 Å². The number of amides is 1. The van der Waals surface area contributed by atoms with Gasteiger partial charge in [0.15, 0.2) is 6.10 Å². The van der Waals surface area contributed by atoms with Gasteiger partial charge in [-0.05, 0) is 24.0 Å². The van der Waals surface area contributed by atoms with Gasteiger partial charge in [0.2, 0.25) is 5.91 Å². The summed E-state index contributed by atoms with van der Waals surface area (Å²) in [4.78, 5) is 19.9. The van der Waals surface area contributed by atoms with Crippen LogP contribution in [0.5, 0.6) is 0 Å². The van der Waals surface area contributed by atoms with E-state index in [4.69, 9.17) is 4.84 Å². The van der Waals surface area contributed by atoms with Crippen molar-refractivity contribution in [2.45, 2.75) is 53.1 Å². The van der Waals surface area contributed by atoms with Crippen molar-refractivity contribution in [3.63, 3.8) is 0 Å². The van der Waals surface area contributed by atoms with E-state index >= 15 is 0 Å². The molecule has 0 N–H and O–H groups in total. The van der Waals surface area contributed by atoms with Crippen LogP contribution in [0.25, 0.3) is 0 Å². The summed E-state index contributed by atoms with van der Waals surface area (Å²) in [6.07, 6.45) is 1.84. The molecule has 1 aliphatic heterocycles. The van der Waals surface area contributed by atoms with Crippen LogP contribution < -0.4 is 0 Å². The Kier molecular flexibility index (Phi) is 5.97. The summed E-state index contributed by atoms with van der Waals surface area (Å²) < 4.78 is 13.3. The molecule has 1 aliphatic rings. The number of hydrogen-bond donors (Lipinski definition) is 0. The lowest BCUT2D eigenvalue weighted by Crippen LogP contribution is -2.39. The van der Waals surface area contributed by atoms with Crippen LogP contribution in [-0.4, -0.2) is 35.7 Å². The first kappa shape index (κ1) is 18.4. The molecule has 0 spiro atoms. The van der Waals surface area contributed by atoms with E-state index in [9.17, 15) is 9.18 Å². The van der Waals surface area contributed by atoms with Gasteiger partial charge in [-0.3, -0.25) is 4.79 Å². The predicted molar refractivity (Wildman–Crippen MR) is 93.4 cm³/mol. The van der Waals surface area contributed by atoms with Crippen molar-refractivity contribution in [3.8, 4) is 0 Å². The lowest BCUT2D eigenvalue weighted by Gasteiger charge is -2.27. The van der Waals surface area contributed by atoms with Crippen molar-refractivity contribution in [1.29, 1.82) is 0 Å². The minimum atomic E-state index is -0.286. The van der Waals surface area contributed by atoms with Crippen LogP contribution in [0, 0.1) is 11.2 Å². The fraction of sp³-hybridized carbons (Fsp3) is 0.579. The standard InChI is InChI=1S/C19H27FN2O2/c1-5-9-22(18(23)12-19(2,3)4)13-16-11-17(21-24-16)14-7-6-8-15(20)10-14/h6-8,10,16H,5,9,11-13H2,1-4H3. The van der Waals surface area contributed by atoms with Gasteiger partial charge < -0.3 is 9.74 Å². The number of halogens is 1. The van der Waals surface area contributed by atoms with Crippen LogP contribution >= 0.6 is 0 Å². The molecule has 24 heavy (non-hydrogen) atoms. The monoisotopic (exact) mass is 334 g/mol. The molecule has 0 aromatic heterocycles. The molecule has 1 aromatic rings. The molecule has 1 amide bonds. The number of oxime groups is 1. The molecule has 0 aliphatic carbocycles. The second kappa shape index (κ2) is 7.77. The molecule has 0 radical (unpaired) electrons. The van der Waals surface area contributed by atoms with Gasteiger partial charge in [-0.1, -0.05) is 45.0 Å². The maximum atomic E-state index is 13.3. The number of carbonyl (C=O) groups excluding carboxylic acids is 1. The van der Waals surface area contributed by atoms with Crippen molar-refractivity contribution in [2.75, 3.05) is 13.1 Å². The van der Waals surface area contributed by atoms with E-state index in [1.165, 1.54) is 12.1 Å². The molecule has 1 heterocycles. The quantitative estimate of drug-likeness (QED) is 0.789. The predicted octanol–water partition coefficient (Wildman–Crippen LogP) is 3.99. The molecule has 0 bridgehead atoms. The van der Waals surface area contributed by atoms with Gasteiger partial charge in [-0.15, -0.1) is 0 Å². The minimum absolute atomic E-state index is 0.0389. The number of hydrogen-bond acceptors (Lipinski definition) is 3. The third kappa shape index (κ3) is 5.32. The Labute approximate surface area is 143 Å². The highest BCUT2D eigenvalue weighted by Gasteiger charge is 2.28. The van der Waals surface area contributed by atoms with Gasteiger partial charge in [0.05, 0.1) is 12.3 Å². The molecule has 1 aromatic carbocycles. The lowest BCUT2D eigenvalue weighted by molar-refractivity contribution is -0.134. The molecular formula is C19H27FN2O2. The summed E-state index contributed by atoms with van der Waals surface area (Å²) in [7, 11) is 0. The van der Waals surface area contributed by atoms with Gasteiger partial charge in [0.1, 0.15) is 5.82 Å². The Balaban J connectivity index is 1.96. The Morgan fingerprint density at radius 3 is 2.79 bits per heavy atom. The lowest BCUT2D eigenvalue weighted by atomic mass is 9.91. The summed E-state index contributed by atoms with van der Waals surface area (Å²) >= 11 is 0. The van der Waals surface area contributed by atoms with Gasteiger partial charge in [0.25, 0.3) is 0 Å². The molecule has 132 valence electrons. The number of benzene rings is 1. The maximum absolute atomic E-state index is 13.3. The Morgan fingerprint density at radius 2 is 2.17 bits per heavy atom. The van der Waals surface area contributed by atoms with Gasteiger partial charge >= 0.3 is 0 Å². The van der Waals surface area contributed by atoms with Crippen LogP contribution in [0.4, 0.5) is 4.39 Å². The molecular weight excluding hydrogens is 307 g/mol. The number of rotatable bonds is 6. The summed E-state index contributed by atoms with van der Waals surface area (Å²) in [6, 6.07) is 6.35. The van der Waals surface area contributed by atoms with Crippen LogP contribution in [0.1, 0.15) is 52.5 Å². The Bertz CT molecular complexity index is 608. The van der Waals surface area contributed by atoms with Gasteiger partial charge in [-0.2, -0.15) is 0 Å². The largest absolute Gasteiger partial charge is 0.390 e. The molecule has 0 saturated carbocycles. The highest BCUT2D eigenvalue weighted by molar-refractivity contribution is 6.01. The van der Waals surface area contributed by atoms with Crippen molar-refractivity contribution in [2.24, 2.45) is 10.6 Å². The fourth-order valence-corrected chi connectivity index (χ4v) is 2.76. The van der Waals surface area contributed by atoms with Crippen LogP contribution in [-0.2, 0) is 9.63 Å². The molecule has 4 nitrogen and oxygen atoms in total. The summed E-state index contributed by atoms with van der Waals surface area (Å²) in [5.74, 6) is -0.140. The average molecular weight is 334 g/mol. The topological polar surface area (TPSA) is 41.9 Å². The normalized spacial score (nSPS) is 17.4. The van der Waals surface area contributed by atoms with Crippen LogP contribution in [0.3, 0.4) is 0 Å². The van der Waals surface area contributed by atoms with Crippen molar-refractivity contribution < 1.29 is 14.0 Å². The second-order valence-corrected chi connectivity index (χ2v) is 7.56. The molecule has 0 saturated heterocycles. The first-order valence-corrected chi connectivity index (χ1v) is 8.55. The summed E-state index contributed by atoms with van der Waals surface area (Å²) in [5, 5.41) is 4.09. The second-order valence-electron chi connectivity index (χ2n) is 7.56. The van der Waals surface area contributed by atoms with Crippen LogP contribution in [0.2, 0.25) is 0 Å². The zero-order valence-electron chi connectivity index (χ0n) is 15.0. The molecule has 1 unspecified atom stereocenters. The SMILES string of the molecule is CCCN(CC1CC(c2cccc(F)c2)=NO1)C(=O)CC(C)(C)C.